The van der Waals surface area contributed by atoms with Gasteiger partial charge in [-0.2, -0.15) is 0 Å². The van der Waals surface area contributed by atoms with E-state index in [0.29, 0.717) is 0 Å². The topological polar surface area (TPSA) is 12.9 Å². The summed E-state index contributed by atoms with van der Waals surface area (Å²) in [6.45, 7) is 4.87. The van der Waals surface area contributed by atoms with Crippen LogP contribution in [0.3, 0.4) is 0 Å². The van der Waals surface area contributed by atoms with Crippen LogP contribution in [-0.4, -0.2) is 13.1 Å². The van der Waals surface area contributed by atoms with Crippen molar-refractivity contribution in [1.82, 2.24) is 4.98 Å². The van der Waals surface area contributed by atoms with Gasteiger partial charge < -0.3 is 0 Å². The first-order chi connectivity index (χ1) is 10.2. The smallest absolute Gasteiger partial charge is 0.0607 e. The second-order valence-electron chi connectivity index (χ2n) is 6.41. The summed E-state index contributed by atoms with van der Waals surface area (Å²) in [5, 5.41) is 4.30. The summed E-state index contributed by atoms with van der Waals surface area (Å²) in [7, 11) is -1.68. The van der Waals surface area contributed by atoms with Crippen LogP contribution in [0.5, 0.6) is 0 Å². The number of rotatable bonds is 0. The normalized spacial score (nSPS) is 15.5. The molecule has 5 rings (SSSR count). The molecule has 1 aliphatic carbocycles. The third-order valence-electron chi connectivity index (χ3n) is 4.90. The summed E-state index contributed by atoms with van der Waals surface area (Å²) in [5.74, 6) is 0. The van der Waals surface area contributed by atoms with Crippen LogP contribution >= 0.6 is 0 Å². The van der Waals surface area contributed by atoms with E-state index in [1.165, 1.54) is 38.1 Å². The van der Waals surface area contributed by atoms with E-state index in [4.69, 9.17) is 4.98 Å². The SMILES string of the molecule is C[Si]1(C)c2ccc[c-]c2-c2nc3cccc4c3c(c21)C=C4.[Ir]. The minimum absolute atomic E-state index is 0. The molecule has 22 heavy (non-hydrogen) atoms. The van der Waals surface area contributed by atoms with Gasteiger partial charge in [-0.1, -0.05) is 42.6 Å². The van der Waals surface area contributed by atoms with Crippen LogP contribution in [0.1, 0.15) is 11.1 Å². The van der Waals surface area contributed by atoms with Gasteiger partial charge in [-0.05, 0) is 22.9 Å². The molecule has 0 spiro atoms. The van der Waals surface area contributed by atoms with Gasteiger partial charge in [0.15, 0.2) is 0 Å². The van der Waals surface area contributed by atoms with E-state index in [9.17, 15) is 0 Å². The van der Waals surface area contributed by atoms with Crippen LogP contribution in [0.4, 0.5) is 0 Å². The molecule has 0 saturated heterocycles. The molecule has 109 valence electrons. The Morgan fingerprint density at radius 3 is 2.77 bits per heavy atom. The zero-order valence-electron chi connectivity index (χ0n) is 12.4. The van der Waals surface area contributed by atoms with Gasteiger partial charge in [0.2, 0.25) is 0 Å². The average molecular weight is 477 g/mol. The van der Waals surface area contributed by atoms with Crippen molar-refractivity contribution in [1.29, 1.82) is 0 Å². The molecule has 0 atom stereocenters. The summed E-state index contributed by atoms with van der Waals surface area (Å²) in [5.41, 5.74) is 6.23. The minimum atomic E-state index is -1.68. The number of hydrogen-bond acceptors (Lipinski definition) is 1. The van der Waals surface area contributed by atoms with Gasteiger partial charge in [0.1, 0.15) is 0 Å². The summed E-state index contributed by atoms with van der Waals surface area (Å²) in [6.07, 6.45) is 4.52. The average Bonchev–Trinajstić information content (AvgIpc) is 3.01. The van der Waals surface area contributed by atoms with Gasteiger partial charge in [0, 0.05) is 25.5 Å². The molecule has 0 bridgehead atoms. The van der Waals surface area contributed by atoms with Crippen LogP contribution in [0.25, 0.3) is 34.3 Å². The number of hydrogen-bond donors (Lipinski definition) is 0. The largest absolute Gasteiger partial charge is 0.296 e. The van der Waals surface area contributed by atoms with Gasteiger partial charge >= 0.3 is 0 Å². The van der Waals surface area contributed by atoms with E-state index in [-0.39, 0.29) is 20.1 Å². The fourth-order valence-corrected chi connectivity index (χ4v) is 7.21. The Labute approximate surface area is 144 Å². The van der Waals surface area contributed by atoms with Crippen molar-refractivity contribution in [3.63, 3.8) is 0 Å². The van der Waals surface area contributed by atoms with Gasteiger partial charge in [0.25, 0.3) is 0 Å². The molecule has 1 aliphatic heterocycles. The van der Waals surface area contributed by atoms with Gasteiger partial charge in [-0.25, -0.2) is 0 Å². The van der Waals surface area contributed by atoms with Crippen LogP contribution in [0, 0.1) is 6.07 Å². The molecule has 3 aromatic rings. The summed E-state index contributed by atoms with van der Waals surface area (Å²) in [6, 6.07) is 16.3. The van der Waals surface area contributed by atoms with Gasteiger partial charge in [0.05, 0.1) is 13.6 Å². The van der Waals surface area contributed by atoms with Crippen molar-refractivity contribution in [3.8, 4) is 11.3 Å². The quantitative estimate of drug-likeness (QED) is 0.280. The molecule has 3 heteroatoms. The van der Waals surface area contributed by atoms with E-state index in [1.807, 2.05) is 6.07 Å². The molecular formula is C19H14IrNSi-. The third kappa shape index (κ3) is 1.54. The zero-order valence-corrected chi connectivity index (χ0v) is 15.8. The number of pyridine rings is 1. The van der Waals surface area contributed by atoms with Crippen LogP contribution in [0.15, 0.2) is 36.4 Å². The second-order valence-corrected chi connectivity index (χ2v) is 10.7. The van der Waals surface area contributed by atoms with E-state index in [1.54, 1.807) is 0 Å². The fourth-order valence-electron chi connectivity index (χ4n) is 3.95. The number of nitrogens with zero attached hydrogens (tertiary/aromatic N) is 1. The van der Waals surface area contributed by atoms with Gasteiger partial charge in [-0.3, -0.25) is 4.98 Å². The van der Waals surface area contributed by atoms with Crippen molar-refractivity contribution in [2.75, 3.05) is 0 Å². The first kappa shape index (κ1) is 14.1. The standard InChI is InChI=1S/C19H14NSi.Ir/c1-21(2)16-9-4-3-7-13(16)18-19(21)14-11-10-12-6-5-8-15(20-18)17(12)14;/h3-6,8-11H,1-2H3;/q-1;. The Hall–Kier alpha value is -1.54. The van der Waals surface area contributed by atoms with E-state index in [0.717, 1.165) is 5.52 Å². The van der Waals surface area contributed by atoms with E-state index in [2.05, 4.69) is 61.6 Å². The van der Waals surface area contributed by atoms with Crippen molar-refractivity contribution < 1.29 is 20.1 Å². The first-order valence-electron chi connectivity index (χ1n) is 7.35. The maximum absolute atomic E-state index is 5.02. The molecule has 0 unspecified atom stereocenters. The van der Waals surface area contributed by atoms with Crippen LogP contribution in [0.2, 0.25) is 13.1 Å². The summed E-state index contributed by atoms with van der Waals surface area (Å²) in [4.78, 5) is 5.02. The second kappa shape index (κ2) is 4.48. The Bertz CT molecular complexity index is 973. The minimum Gasteiger partial charge on any atom is -0.296 e. The molecule has 1 radical (unpaired) electrons. The van der Waals surface area contributed by atoms with Crippen molar-refractivity contribution in [3.05, 3.63) is 53.6 Å². The third-order valence-corrected chi connectivity index (χ3v) is 8.42. The molecule has 2 aromatic carbocycles. The molecule has 0 fully saturated rings. The van der Waals surface area contributed by atoms with Crippen LogP contribution in [-0.2, 0) is 20.1 Å². The summed E-state index contributed by atoms with van der Waals surface area (Å²) < 4.78 is 0. The Balaban J connectivity index is 0.00000125. The molecule has 0 N–H and O–H groups in total. The fraction of sp³-hybridized carbons (Fsp3) is 0.105. The monoisotopic (exact) mass is 477 g/mol. The molecule has 1 nitrogen and oxygen atoms in total. The molecular weight excluding hydrogens is 463 g/mol. The maximum Gasteiger partial charge on any atom is 0.0607 e. The van der Waals surface area contributed by atoms with E-state index < -0.39 is 8.07 Å². The van der Waals surface area contributed by atoms with Gasteiger partial charge in [-0.15, -0.1) is 35.0 Å². The number of fused-ring (bicyclic) bond motifs is 4. The molecule has 1 aromatic heterocycles. The van der Waals surface area contributed by atoms with Crippen LogP contribution < -0.4 is 10.4 Å². The molecule has 0 saturated carbocycles. The maximum atomic E-state index is 5.02. The Morgan fingerprint density at radius 2 is 1.91 bits per heavy atom. The Morgan fingerprint density at radius 1 is 1.05 bits per heavy atom. The molecule has 0 amide bonds. The van der Waals surface area contributed by atoms with Crippen molar-refractivity contribution in [2.24, 2.45) is 0 Å². The van der Waals surface area contributed by atoms with Crippen molar-refractivity contribution in [2.45, 2.75) is 13.1 Å². The van der Waals surface area contributed by atoms with Crippen molar-refractivity contribution >= 4 is 41.5 Å². The number of aromatic nitrogens is 1. The number of benzene rings is 2. The predicted octanol–water partition coefficient (Wildman–Crippen LogP) is 3.32. The predicted molar refractivity (Wildman–Crippen MR) is 91.7 cm³/mol. The molecule has 2 heterocycles. The zero-order chi connectivity index (χ0) is 14.2. The summed E-state index contributed by atoms with van der Waals surface area (Å²) >= 11 is 0. The molecule has 2 aliphatic rings. The van der Waals surface area contributed by atoms with E-state index >= 15 is 0 Å². The Kier molecular flexibility index (Phi) is 2.87. The first-order valence-corrected chi connectivity index (χ1v) is 10.3.